The average molecular weight is 281 g/mol. The molecule has 0 aliphatic rings. The lowest BCUT2D eigenvalue weighted by Crippen LogP contribution is -2.33. The van der Waals surface area contributed by atoms with E-state index >= 15 is 0 Å². The summed E-state index contributed by atoms with van der Waals surface area (Å²) in [6.07, 6.45) is -0.922. The zero-order valence-corrected chi connectivity index (χ0v) is 12.3. The molecule has 1 atom stereocenters. The summed E-state index contributed by atoms with van der Waals surface area (Å²) in [5.74, 6) is -0.498. The van der Waals surface area contributed by atoms with Gasteiger partial charge < -0.3 is 9.47 Å². The van der Waals surface area contributed by atoms with Gasteiger partial charge in [0.05, 0.1) is 4.92 Å². The molecule has 0 fully saturated rings. The molecular weight excluding hydrogens is 262 g/mol. The summed E-state index contributed by atoms with van der Waals surface area (Å²) in [7, 11) is 0. The number of hydrogen-bond donors (Lipinski definition) is 0. The number of carbonyl (C=O) groups is 1. The van der Waals surface area contributed by atoms with Crippen LogP contribution in [0, 0.1) is 17.0 Å². The minimum absolute atomic E-state index is 0.0633. The first-order valence-electron chi connectivity index (χ1n) is 6.25. The second-order valence-electron chi connectivity index (χ2n) is 5.52. The van der Waals surface area contributed by atoms with Gasteiger partial charge in [0.25, 0.3) is 0 Å². The molecule has 6 heteroatoms. The van der Waals surface area contributed by atoms with Crippen LogP contribution in [0.15, 0.2) is 18.2 Å². The second kappa shape index (κ2) is 5.90. The monoisotopic (exact) mass is 281 g/mol. The van der Waals surface area contributed by atoms with Gasteiger partial charge in [-0.25, -0.2) is 4.79 Å². The third kappa shape index (κ3) is 4.53. The van der Waals surface area contributed by atoms with Gasteiger partial charge >= 0.3 is 11.7 Å². The summed E-state index contributed by atoms with van der Waals surface area (Å²) in [5.41, 5.74) is 0.000700. The minimum Gasteiger partial charge on any atom is -0.472 e. The third-order valence-electron chi connectivity index (χ3n) is 2.35. The molecule has 0 saturated carbocycles. The lowest BCUT2D eigenvalue weighted by Gasteiger charge is -2.22. The Bertz CT molecular complexity index is 519. The second-order valence-corrected chi connectivity index (χ2v) is 5.52. The van der Waals surface area contributed by atoms with Gasteiger partial charge in [0.2, 0.25) is 0 Å². The van der Waals surface area contributed by atoms with Crippen LogP contribution in [0.3, 0.4) is 0 Å². The maximum Gasteiger partial charge on any atom is 0.347 e. The lowest BCUT2D eigenvalue weighted by atomic mass is 10.2. The molecule has 0 bridgehead atoms. The molecule has 0 heterocycles. The number of nitro groups is 1. The smallest absolute Gasteiger partial charge is 0.347 e. The van der Waals surface area contributed by atoms with Crippen LogP contribution in [-0.4, -0.2) is 22.6 Å². The summed E-state index contributed by atoms with van der Waals surface area (Å²) in [6, 6.07) is 4.49. The zero-order valence-electron chi connectivity index (χ0n) is 12.3. The number of ether oxygens (including phenoxy) is 2. The van der Waals surface area contributed by atoms with Crippen LogP contribution in [0.5, 0.6) is 5.75 Å². The highest BCUT2D eigenvalue weighted by molar-refractivity contribution is 5.75. The lowest BCUT2D eigenvalue weighted by molar-refractivity contribution is -0.386. The van der Waals surface area contributed by atoms with Crippen molar-refractivity contribution in [3.05, 3.63) is 33.9 Å². The third-order valence-corrected chi connectivity index (χ3v) is 2.35. The maximum atomic E-state index is 11.8. The quantitative estimate of drug-likeness (QED) is 0.481. The first-order chi connectivity index (χ1) is 9.10. The molecule has 0 aliphatic carbocycles. The van der Waals surface area contributed by atoms with Gasteiger partial charge in [-0.3, -0.25) is 10.1 Å². The number of nitro benzene ring substituents is 1. The molecular formula is C14H19NO5. The summed E-state index contributed by atoms with van der Waals surface area (Å²) in [4.78, 5) is 22.2. The molecule has 0 amide bonds. The SMILES string of the molecule is Cc1ccc([N+](=O)[O-])c(OC(C)C(=O)OC(C)(C)C)c1. The Morgan fingerprint density at radius 1 is 1.35 bits per heavy atom. The van der Waals surface area contributed by atoms with Crippen LogP contribution >= 0.6 is 0 Å². The van der Waals surface area contributed by atoms with Crippen LogP contribution in [0.25, 0.3) is 0 Å². The van der Waals surface area contributed by atoms with Crippen molar-refractivity contribution in [1.82, 2.24) is 0 Å². The van der Waals surface area contributed by atoms with Crippen LogP contribution in [0.4, 0.5) is 5.69 Å². The molecule has 0 N–H and O–H groups in total. The fourth-order valence-corrected chi connectivity index (χ4v) is 1.49. The first-order valence-corrected chi connectivity index (χ1v) is 6.25. The van der Waals surface area contributed by atoms with Crippen molar-refractivity contribution >= 4 is 11.7 Å². The van der Waals surface area contributed by atoms with Gasteiger partial charge in [0, 0.05) is 6.07 Å². The van der Waals surface area contributed by atoms with Crippen LogP contribution in [0.1, 0.15) is 33.3 Å². The molecule has 1 aromatic carbocycles. The summed E-state index contributed by atoms with van der Waals surface area (Å²) < 4.78 is 10.5. The minimum atomic E-state index is -0.922. The number of aryl methyl sites for hydroxylation is 1. The molecule has 1 unspecified atom stereocenters. The highest BCUT2D eigenvalue weighted by atomic mass is 16.6. The number of nitrogens with zero attached hydrogens (tertiary/aromatic N) is 1. The predicted molar refractivity (Wildman–Crippen MR) is 73.8 cm³/mol. The van der Waals surface area contributed by atoms with Gasteiger partial charge in [0.15, 0.2) is 11.9 Å². The van der Waals surface area contributed by atoms with Crippen molar-refractivity contribution in [2.24, 2.45) is 0 Å². The van der Waals surface area contributed by atoms with Crippen LogP contribution < -0.4 is 4.74 Å². The maximum absolute atomic E-state index is 11.8. The highest BCUT2D eigenvalue weighted by Crippen LogP contribution is 2.29. The first kappa shape index (κ1) is 15.9. The Morgan fingerprint density at radius 2 is 1.95 bits per heavy atom. The number of carbonyl (C=O) groups excluding carboxylic acids is 1. The Hall–Kier alpha value is -2.11. The van der Waals surface area contributed by atoms with E-state index in [4.69, 9.17) is 9.47 Å². The standard InChI is InChI=1S/C14H19NO5/c1-9-6-7-11(15(17)18)12(8-9)19-10(2)13(16)20-14(3,4)5/h6-8,10H,1-5H3. The summed E-state index contributed by atoms with van der Waals surface area (Å²) in [6.45, 7) is 8.51. The van der Waals surface area contributed by atoms with E-state index in [2.05, 4.69) is 0 Å². The molecule has 1 rings (SSSR count). The number of hydrogen-bond acceptors (Lipinski definition) is 5. The Morgan fingerprint density at radius 3 is 2.45 bits per heavy atom. The molecule has 0 spiro atoms. The molecule has 6 nitrogen and oxygen atoms in total. The fourth-order valence-electron chi connectivity index (χ4n) is 1.49. The van der Waals surface area contributed by atoms with E-state index < -0.39 is 22.6 Å². The topological polar surface area (TPSA) is 78.7 Å². The van der Waals surface area contributed by atoms with E-state index in [1.54, 1.807) is 33.8 Å². The largest absolute Gasteiger partial charge is 0.472 e. The van der Waals surface area contributed by atoms with E-state index in [1.165, 1.54) is 19.1 Å². The highest BCUT2D eigenvalue weighted by Gasteiger charge is 2.25. The Kier molecular flexibility index (Phi) is 4.70. The van der Waals surface area contributed by atoms with E-state index in [9.17, 15) is 14.9 Å². The Labute approximate surface area is 117 Å². The molecule has 0 aliphatic heterocycles. The fraction of sp³-hybridized carbons (Fsp3) is 0.500. The van der Waals surface area contributed by atoms with Gasteiger partial charge in [0.1, 0.15) is 5.60 Å². The van der Waals surface area contributed by atoms with E-state index in [0.717, 1.165) is 5.56 Å². The van der Waals surface area contributed by atoms with Crippen LogP contribution in [-0.2, 0) is 9.53 Å². The van der Waals surface area contributed by atoms with Crippen molar-refractivity contribution < 1.29 is 19.2 Å². The molecule has 0 aromatic heterocycles. The van der Waals surface area contributed by atoms with E-state index in [1.807, 2.05) is 0 Å². The van der Waals surface area contributed by atoms with E-state index in [-0.39, 0.29) is 11.4 Å². The van der Waals surface area contributed by atoms with Crippen LogP contribution in [0.2, 0.25) is 0 Å². The normalized spacial score (nSPS) is 12.7. The van der Waals surface area contributed by atoms with Gasteiger partial charge in [-0.15, -0.1) is 0 Å². The van der Waals surface area contributed by atoms with Crippen molar-refractivity contribution in [2.45, 2.75) is 46.3 Å². The van der Waals surface area contributed by atoms with Crippen molar-refractivity contribution in [3.8, 4) is 5.75 Å². The van der Waals surface area contributed by atoms with Gasteiger partial charge in [-0.1, -0.05) is 6.07 Å². The van der Waals surface area contributed by atoms with Crippen molar-refractivity contribution in [3.63, 3.8) is 0 Å². The number of benzene rings is 1. The number of rotatable bonds is 4. The molecule has 0 radical (unpaired) electrons. The summed E-state index contributed by atoms with van der Waals surface area (Å²) in [5, 5.41) is 10.9. The zero-order chi connectivity index (χ0) is 15.5. The average Bonchev–Trinajstić information content (AvgIpc) is 2.26. The van der Waals surface area contributed by atoms with Gasteiger partial charge in [-0.05, 0) is 46.2 Å². The molecule has 1 aromatic rings. The molecule has 110 valence electrons. The predicted octanol–water partition coefficient (Wildman–Crippen LogP) is 3.01. The Balaban J connectivity index is 2.90. The van der Waals surface area contributed by atoms with E-state index in [0.29, 0.717) is 0 Å². The number of esters is 1. The van der Waals surface area contributed by atoms with Gasteiger partial charge in [-0.2, -0.15) is 0 Å². The van der Waals surface area contributed by atoms with Crippen molar-refractivity contribution in [1.29, 1.82) is 0 Å². The molecule has 20 heavy (non-hydrogen) atoms. The molecule has 0 saturated heterocycles. The van der Waals surface area contributed by atoms with Crippen molar-refractivity contribution in [2.75, 3.05) is 0 Å². The summed E-state index contributed by atoms with van der Waals surface area (Å²) >= 11 is 0.